The van der Waals surface area contributed by atoms with Crippen LogP contribution in [-0.2, 0) is 6.42 Å². The highest BCUT2D eigenvalue weighted by Crippen LogP contribution is 2.13. The molecule has 2 rings (SSSR count). The SMILES string of the molecule is O=[N+]([O-])c1ccc(CCNc2ncc(F)cc2F)cc1. The number of non-ortho nitro benzene ring substituents is 1. The summed E-state index contributed by atoms with van der Waals surface area (Å²) in [7, 11) is 0. The number of nitro groups is 1. The fourth-order valence-electron chi connectivity index (χ4n) is 1.65. The van der Waals surface area contributed by atoms with Gasteiger partial charge in [-0.1, -0.05) is 12.1 Å². The van der Waals surface area contributed by atoms with Crippen LogP contribution in [0, 0.1) is 21.7 Å². The van der Waals surface area contributed by atoms with Crippen LogP contribution in [0.3, 0.4) is 0 Å². The number of nitrogens with zero attached hydrogens (tertiary/aromatic N) is 2. The molecule has 0 saturated heterocycles. The Morgan fingerprint density at radius 3 is 2.55 bits per heavy atom. The van der Waals surface area contributed by atoms with Gasteiger partial charge in [0.25, 0.3) is 5.69 Å². The third kappa shape index (κ3) is 3.47. The van der Waals surface area contributed by atoms with E-state index in [0.717, 1.165) is 17.8 Å². The molecule has 7 heteroatoms. The Morgan fingerprint density at radius 1 is 1.25 bits per heavy atom. The molecular formula is C13H11F2N3O2. The van der Waals surface area contributed by atoms with Crippen molar-refractivity contribution in [1.82, 2.24) is 4.98 Å². The quantitative estimate of drug-likeness (QED) is 0.675. The van der Waals surface area contributed by atoms with Gasteiger partial charge >= 0.3 is 0 Å². The van der Waals surface area contributed by atoms with E-state index < -0.39 is 16.6 Å². The molecule has 0 aliphatic heterocycles. The van der Waals surface area contributed by atoms with E-state index >= 15 is 0 Å². The zero-order chi connectivity index (χ0) is 14.5. The Bertz CT molecular complexity index is 618. The first kappa shape index (κ1) is 13.9. The van der Waals surface area contributed by atoms with E-state index in [2.05, 4.69) is 10.3 Å². The molecule has 1 heterocycles. The van der Waals surface area contributed by atoms with Crippen molar-refractivity contribution < 1.29 is 13.7 Å². The number of hydrogen-bond donors (Lipinski definition) is 1. The van der Waals surface area contributed by atoms with E-state index in [-0.39, 0.29) is 11.5 Å². The van der Waals surface area contributed by atoms with Gasteiger partial charge in [-0.15, -0.1) is 0 Å². The van der Waals surface area contributed by atoms with Gasteiger partial charge in [0.05, 0.1) is 11.1 Å². The maximum absolute atomic E-state index is 13.3. The molecule has 0 aliphatic rings. The van der Waals surface area contributed by atoms with Crippen molar-refractivity contribution in [3.05, 3.63) is 63.8 Å². The summed E-state index contributed by atoms with van der Waals surface area (Å²) in [4.78, 5) is 13.6. The third-order valence-corrected chi connectivity index (χ3v) is 2.66. The molecule has 1 aromatic carbocycles. The largest absolute Gasteiger partial charge is 0.367 e. The number of halogens is 2. The molecule has 5 nitrogen and oxygen atoms in total. The summed E-state index contributed by atoms with van der Waals surface area (Å²) >= 11 is 0. The van der Waals surface area contributed by atoms with Crippen LogP contribution >= 0.6 is 0 Å². The number of benzene rings is 1. The molecular weight excluding hydrogens is 268 g/mol. The molecule has 0 radical (unpaired) electrons. The Balaban J connectivity index is 1.91. The van der Waals surface area contributed by atoms with Crippen molar-refractivity contribution in [2.45, 2.75) is 6.42 Å². The van der Waals surface area contributed by atoms with Gasteiger partial charge in [0.15, 0.2) is 11.6 Å². The topological polar surface area (TPSA) is 68.1 Å². The summed E-state index contributed by atoms with van der Waals surface area (Å²) in [5.41, 5.74) is 0.888. The lowest BCUT2D eigenvalue weighted by molar-refractivity contribution is -0.384. The molecule has 20 heavy (non-hydrogen) atoms. The molecule has 1 N–H and O–H groups in total. The van der Waals surface area contributed by atoms with Crippen LogP contribution in [0.1, 0.15) is 5.56 Å². The average molecular weight is 279 g/mol. The highest BCUT2D eigenvalue weighted by molar-refractivity contribution is 5.37. The summed E-state index contributed by atoms with van der Waals surface area (Å²) in [5.74, 6) is -1.51. The van der Waals surface area contributed by atoms with Gasteiger partial charge in [0, 0.05) is 24.7 Å². The summed E-state index contributed by atoms with van der Waals surface area (Å²) in [6, 6.07) is 6.84. The minimum Gasteiger partial charge on any atom is -0.367 e. The number of pyridine rings is 1. The maximum Gasteiger partial charge on any atom is 0.269 e. The summed E-state index contributed by atoms with van der Waals surface area (Å²) in [5, 5.41) is 13.2. The second-order valence-corrected chi connectivity index (χ2v) is 4.08. The van der Waals surface area contributed by atoms with Crippen LogP contribution in [0.5, 0.6) is 0 Å². The van der Waals surface area contributed by atoms with E-state index in [1.165, 1.54) is 12.1 Å². The van der Waals surface area contributed by atoms with E-state index in [9.17, 15) is 18.9 Å². The highest BCUT2D eigenvalue weighted by atomic mass is 19.1. The van der Waals surface area contributed by atoms with Crippen LogP contribution in [0.25, 0.3) is 0 Å². The normalized spacial score (nSPS) is 10.3. The van der Waals surface area contributed by atoms with Crippen LogP contribution < -0.4 is 5.32 Å². The lowest BCUT2D eigenvalue weighted by Gasteiger charge is -2.06. The number of aromatic nitrogens is 1. The Kier molecular flexibility index (Phi) is 4.19. The number of nitrogens with one attached hydrogen (secondary N) is 1. The van der Waals surface area contributed by atoms with Gasteiger partial charge in [0.1, 0.15) is 5.82 Å². The first-order valence-corrected chi connectivity index (χ1v) is 5.84. The van der Waals surface area contributed by atoms with Crippen LogP contribution in [0.4, 0.5) is 20.3 Å². The predicted molar refractivity (Wildman–Crippen MR) is 69.4 cm³/mol. The average Bonchev–Trinajstić information content (AvgIpc) is 2.42. The Labute approximate surface area is 113 Å². The van der Waals surface area contributed by atoms with Gasteiger partial charge in [-0.2, -0.15) is 0 Å². The van der Waals surface area contributed by atoms with Crippen molar-refractivity contribution >= 4 is 11.5 Å². The van der Waals surface area contributed by atoms with E-state index in [4.69, 9.17) is 0 Å². The fraction of sp³-hybridized carbons (Fsp3) is 0.154. The van der Waals surface area contributed by atoms with Crippen molar-refractivity contribution in [3.63, 3.8) is 0 Å². The molecule has 0 bridgehead atoms. The van der Waals surface area contributed by atoms with Gasteiger partial charge in [-0.25, -0.2) is 13.8 Å². The molecule has 0 spiro atoms. The van der Waals surface area contributed by atoms with Crippen molar-refractivity contribution in [2.24, 2.45) is 0 Å². The molecule has 0 unspecified atom stereocenters. The lowest BCUT2D eigenvalue weighted by Crippen LogP contribution is -2.08. The minimum absolute atomic E-state index is 0.0201. The van der Waals surface area contributed by atoms with Gasteiger partial charge in [-0.05, 0) is 12.0 Å². The Morgan fingerprint density at radius 2 is 1.95 bits per heavy atom. The smallest absolute Gasteiger partial charge is 0.269 e. The van der Waals surface area contributed by atoms with Crippen molar-refractivity contribution in [1.29, 1.82) is 0 Å². The van der Waals surface area contributed by atoms with E-state index in [1.54, 1.807) is 12.1 Å². The summed E-state index contributed by atoms with van der Waals surface area (Å²) in [6.45, 7) is 0.382. The zero-order valence-electron chi connectivity index (χ0n) is 10.3. The first-order valence-electron chi connectivity index (χ1n) is 5.84. The molecule has 0 atom stereocenters. The van der Waals surface area contributed by atoms with Crippen LogP contribution in [0.15, 0.2) is 36.5 Å². The molecule has 0 saturated carbocycles. The van der Waals surface area contributed by atoms with Gasteiger partial charge < -0.3 is 5.32 Å². The molecule has 104 valence electrons. The van der Waals surface area contributed by atoms with Gasteiger partial charge in [-0.3, -0.25) is 10.1 Å². The molecule has 2 aromatic rings. The minimum atomic E-state index is -0.756. The fourth-order valence-corrected chi connectivity index (χ4v) is 1.65. The molecule has 0 aliphatic carbocycles. The van der Waals surface area contributed by atoms with Crippen molar-refractivity contribution in [3.8, 4) is 0 Å². The number of hydrogen-bond acceptors (Lipinski definition) is 4. The van der Waals surface area contributed by atoms with Crippen molar-refractivity contribution in [2.75, 3.05) is 11.9 Å². The lowest BCUT2D eigenvalue weighted by atomic mass is 10.1. The van der Waals surface area contributed by atoms with Gasteiger partial charge in [0.2, 0.25) is 0 Å². The molecule has 0 amide bonds. The number of nitro benzene ring substituents is 1. The number of rotatable bonds is 5. The summed E-state index contributed by atoms with van der Waals surface area (Å²) in [6.07, 6.45) is 1.47. The molecule has 1 aromatic heterocycles. The predicted octanol–water partition coefficient (Wildman–Crippen LogP) is 2.92. The first-order chi connectivity index (χ1) is 9.56. The second kappa shape index (κ2) is 6.05. The monoisotopic (exact) mass is 279 g/mol. The summed E-state index contributed by atoms with van der Waals surface area (Å²) < 4.78 is 25.9. The van der Waals surface area contributed by atoms with E-state index in [0.29, 0.717) is 13.0 Å². The second-order valence-electron chi connectivity index (χ2n) is 4.08. The van der Waals surface area contributed by atoms with Crippen LogP contribution in [-0.4, -0.2) is 16.5 Å². The highest BCUT2D eigenvalue weighted by Gasteiger charge is 2.06. The number of anilines is 1. The third-order valence-electron chi connectivity index (χ3n) is 2.66. The van der Waals surface area contributed by atoms with E-state index in [1.807, 2.05) is 0 Å². The zero-order valence-corrected chi connectivity index (χ0v) is 10.3. The van der Waals surface area contributed by atoms with Crippen LogP contribution in [0.2, 0.25) is 0 Å². The Hall–Kier alpha value is -2.57. The molecule has 0 fully saturated rings. The maximum atomic E-state index is 13.3. The standard InChI is InChI=1S/C13H11F2N3O2/c14-10-7-12(15)13(17-8-10)16-6-5-9-1-3-11(4-2-9)18(19)20/h1-4,7-8H,5-6H2,(H,16,17).